The molecule has 0 spiro atoms. The van der Waals surface area contributed by atoms with Gasteiger partial charge in [0.1, 0.15) is 0 Å². The van der Waals surface area contributed by atoms with E-state index >= 15 is 0 Å². The summed E-state index contributed by atoms with van der Waals surface area (Å²) in [4.78, 5) is 0. The van der Waals surface area contributed by atoms with Crippen LogP contribution in [0.15, 0.2) is 23.6 Å². The minimum Gasteiger partial charge on any atom is -0.248 e. The smallest absolute Gasteiger partial charge is 0.0968 e. The lowest BCUT2D eigenvalue weighted by Crippen LogP contribution is -2.26. The Labute approximate surface area is 99.5 Å². The second-order valence-electron chi connectivity index (χ2n) is 3.85. The standard InChI is InChI=1S/C11H17FIN/c1-9(3-4-10(2)12)11-5-7-14(13)8-6-11/h3-4,11H,5-8H2,1-2H3/b9-3+,10-4+. The van der Waals surface area contributed by atoms with Gasteiger partial charge in [-0.25, -0.2) is 7.50 Å². The molecule has 1 fully saturated rings. The number of nitrogens with zero attached hydrogens (tertiary/aromatic N) is 1. The van der Waals surface area contributed by atoms with Crippen LogP contribution in [0.4, 0.5) is 4.39 Å². The second-order valence-corrected chi connectivity index (χ2v) is 5.21. The molecule has 0 unspecified atom stereocenters. The lowest BCUT2D eigenvalue weighted by Gasteiger charge is -2.27. The Morgan fingerprint density at radius 3 is 2.36 bits per heavy atom. The molecule has 80 valence electrons. The van der Waals surface area contributed by atoms with E-state index in [1.807, 2.05) is 6.08 Å². The quantitative estimate of drug-likeness (QED) is 0.425. The molecule has 1 aliphatic rings. The average Bonchev–Trinajstić information content (AvgIpc) is 2.15. The van der Waals surface area contributed by atoms with Crippen molar-refractivity contribution in [1.82, 2.24) is 3.11 Å². The number of rotatable bonds is 2. The van der Waals surface area contributed by atoms with E-state index in [9.17, 15) is 4.39 Å². The molecule has 0 radical (unpaired) electrons. The van der Waals surface area contributed by atoms with Crippen LogP contribution in [0.25, 0.3) is 0 Å². The zero-order chi connectivity index (χ0) is 10.6. The van der Waals surface area contributed by atoms with Crippen LogP contribution in [0.1, 0.15) is 26.7 Å². The van der Waals surface area contributed by atoms with E-state index in [-0.39, 0.29) is 5.83 Å². The molecule has 0 bridgehead atoms. The summed E-state index contributed by atoms with van der Waals surface area (Å²) < 4.78 is 14.8. The summed E-state index contributed by atoms with van der Waals surface area (Å²) in [6.07, 6.45) is 5.88. The summed E-state index contributed by atoms with van der Waals surface area (Å²) in [7, 11) is 0. The van der Waals surface area contributed by atoms with Gasteiger partial charge in [0.25, 0.3) is 0 Å². The SMILES string of the molecule is C/C(F)=C\C=C(/C)C1CCN(I)CC1. The molecule has 0 saturated carbocycles. The van der Waals surface area contributed by atoms with Crippen molar-refractivity contribution < 1.29 is 4.39 Å². The molecule has 0 aromatic carbocycles. The van der Waals surface area contributed by atoms with Gasteiger partial charge in [-0.2, -0.15) is 0 Å². The van der Waals surface area contributed by atoms with Gasteiger partial charge in [-0.15, -0.1) is 0 Å². The third-order valence-corrected chi connectivity index (χ3v) is 3.63. The van der Waals surface area contributed by atoms with Crippen LogP contribution in [-0.2, 0) is 0 Å². The molecule has 14 heavy (non-hydrogen) atoms. The summed E-state index contributed by atoms with van der Waals surface area (Å²) in [5, 5.41) is 0. The fraction of sp³-hybridized carbons (Fsp3) is 0.636. The molecule has 1 rings (SSSR count). The average molecular weight is 309 g/mol. The first kappa shape index (κ1) is 12.2. The zero-order valence-corrected chi connectivity index (χ0v) is 10.9. The maximum Gasteiger partial charge on any atom is 0.0968 e. The van der Waals surface area contributed by atoms with Crippen LogP contribution >= 0.6 is 22.9 Å². The monoisotopic (exact) mass is 309 g/mol. The van der Waals surface area contributed by atoms with Crippen molar-refractivity contribution >= 4 is 22.9 Å². The Morgan fingerprint density at radius 1 is 1.29 bits per heavy atom. The maximum absolute atomic E-state index is 12.5. The normalized spacial score (nSPS) is 22.9. The Hall–Kier alpha value is 0.1000. The van der Waals surface area contributed by atoms with Crippen molar-refractivity contribution in [2.45, 2.75) is 26.7 Å². The van der Waals surface area contributed by atoms with Gasteiger partial charge in [-0.3, -0.25) is 0 Å². The molecule has 1 nitrogen and oxygen atoms in total. The first-order valence-electron chi connectivity index (χ1n) is 5.01. The van der Waals surface area contributed by atoms with Crippen molar-refractivity contribution in [3.63, 3.8) is 0 Å². The van der Waals surface area contributed by atoms with Gasteiger partial charge in [-0.1, -0.05) is 11.6 Å². The summed E-state index contributed by atoms with van der Waals surface area (Å²) in [5.41, 5.74) is 1.31. The molecular formula is C11H17FIN. The molecule has 0 amide bonds. The van der Waals surface area contributed by atoms with Crippen LogP contribution in [0.2, 0.25) is 0 Å². The molecule has 1 heterocycles. The summed E-state index contributed by atoms with van der Waals surface area (Å²) in [6.45, 7) is 5.88. The van der Waals surface area contributed by atoms with Crippen LogP contribution in [0.5, 0.6) is 0 Å². The lowest BCUT2D eigenvalue weighted by molar-refractivity contribution is 0.340. The van der Waals surface area contributed by atoms with Gasteiger partial charge in [0.2, 0.25) is 0 Å². The highest BCUT2D eigenvalue weighted by Crippen LogP contribution is 2.25. The molecule has 3 heteroatoms. The fourth-order valence-corrected chi connectivity index (χ4v) is 2.24. The van der Waals surface area contributed by atoms with E-state index < -0.39 is 0 Å². The molecule has 1 saturated heterocycles. The van der Waals surface area contributed by atoms with Crippen molar-refractivity contribution in [2.24, 2.45) is 5.92 Å². The number of hydrogen-bond donors (Lipinski definition) is 0. The van der Waals surface area contributed by atoms with Gasteiger partial charge in [-0.05, 0) is 38.7 Å². The van der Waals surface area contributed by atoms with Crippen LogP contribution in [0.3, 0.4) is 0 Å². The Kier molecular flexibility index (Phi) is 5.09. The second kappa shape index (κ2) is 5.85. The van der Waals surface area contributed by atoms with Crippen molar-refractivity contribution in [3.05, 3.63) is 23.6 Å². The van der Waals surface area contributed by atoms with Gasteiger partial charge in [0.15, 0.2) is 0 Å². The van der Waals surface area contributed by atoms with Gasteiger partial charge in [0, 0.05) is 36.0 Å². The highest BCUT2D eigenvalue weighted by atomic mass is 127. The summed E-state index contributed by atoms with van der Waals surface area (Å²) >= 11 is 2.36. The first-order chi connectivity index (χ1) is 6.59. The molecule has 0 aliphatic carbocycles. The van der Waals surface area contributed by atoms with Crippen molar-refractivity contribution in [3.8, 4) is 0 Å². The maximum atomic E-state index is 12.5. The van der Waals surface area contributed by atoms with E-state index in [0.29, 0.717) is 5.92 Å². The van der Waals surface area contributed by atoms with Gasteiger partial charge >= 0.3 is 0 Å². The molecule has 0 aromatic rings. The Morgan fingerprint density at radius 2 is 1.86 bits per heavy atom. The zero-order valence-electron chi connectivity index (χ0n) is 8.76. The van der Waals surface area contributed by atoms with E-state index in [1.165, 1.54) is 25.3 Å². The summed E-state index contributed by atoms with van der Waals surface area (Å²) in [5.74, 6) is 0.535. The minimum atomic E-state index is -0.115. The number of halogens is 2. The molecule has 0 atom stereocenters. The van der Waals surface area contributed by atoms with Gasteiger partial charge < -0.3 is 0 Å². The Balaban J connectivity index is 2.49. The largest absolute Gasteiger partial charge is 0.248 e. The van der Waals surface area contributed by atoms with Crippen molar-refractivity contribution in [2.75, 3.05) is 13.1 Å². The number of hydrogen-bond acceptors (Lipinski definition) is 1. The third kappa shape index (κ3) is 4.09. The van der Waals surface area contributed by atoms with E-state index in [2.05, 4.69) is 32.9 Å². The predicted molar refractivity (Wildman–Crippen MR) is 66.9 cm³/mol. The third-order valence-electron chi connectivity index (χ3n) is 2.66. The van der Waals surface area contributed by atoms with Crippen LogP contribution in [0, 0.1) is 5.92 Å². The van der Waals surface area contributed by atoms with Crippen LogP contribution < -0.4 is 0 Å². The van der Waals surface area contributed by atoms with Gasteiger partial charge in [0.05, 0.1) is 5.83 Å². The topological polar surface area (TPSA) is 3.24 Å². The lowest BCUT2D eigenvalue weighted by atomic mass is 9.91. The van der Waals surface area contributed by atoms with E-state index in [1.54, 1.807) is 6.08 Å². The molecular weight excluding hydrogens is 292 g/mol. The highest BCUT2D eigenvalue weighted by Gasteiger charge is 2.18. The van der Waals surface area contributed by atoms with Crippen LogP contribution in [-0.4, -0.2) is 16.2 Å². The molecule has 0 N–H and O–H groups in total. The minimum absolute atomic E-state index is 0.115. The predicted octanol–water partition coefficient (Wildman–Crippen LogP) is 3.87. The fourth-order valence-electron chi connectivity index (χ4n) is 1.69. The number of piperidine rings is 1. The molecule has 1 aliphatic heterocycles. The Bertz CT molecular complexity index is 236. The van der Waals surface area contributed by atoms with E-state index in [4.69, 9.17) is 0 Å². The first-order valence-corrected chi connectivity index (χ1v) is 5.97. The van der Waals surface area contributed by atoms with Crippen molar-refractivity contribution in [1.29, 1.82) is 0 Å². The van der Waals surface area contributed by atoms with E-state index in [0.717, 1.165) is 13.1 Å². The number of allylic oxidation sites excluding steroid dienone is 4. The molecule has 0 aromatic heterocycles. The summed E-state index contributed by atoms with van der Waals surface area (Å²) in [6, 6.07) is 0. The highest BCUT2D eigenvalue weighted by molar-refractivity contribution is 14.1.